The van der Waals surface area contributed by atoms with Gasteiger partial charge in [0.25, 0.3) is 0 Å². The number of nitrogens with zero attached hydrogens (tertiary/aromatic N) is 5. The van der Waals surface area contributed by atoms with Crippen molar-refractivity contribution in [3.8, 4) is 33.9 Å². The number of imidazole rings is 1. The van der Waals surface area contributed by atoms with E-state index in [0.717, 1.165) is 33.4 Å². The van der Waals surface area contributed by atoms with Crippen LogP contribution in [0.5, 0.6) is 0 Å². The third-order valence-electron chi connectivity index (χ3n) is 4.91. The first-order valence-corrected chi connectivity index (χ1v) is 10.1. The van der Waals surface area contributed by atoms with E-state index in [-0.39, 0.29) is 0 Å². The van der Waals surface area contributed by atoms with Gasteiger partial charge in [-0.1, -0.05) is 0 Å². The van der Waals surface area contributed by atoms with Crippen molar-refractivity contribution in [1.29, 1.82) is 0 Å². The zero-order chi connectivity index (χ0) is 20.1. The van der Waals surface area contributed by atoms with Gasteiger partial charge in [0.05, 0.1) is 22.4 Å². The first kappa shape index (κ1) is 16.8. The molecule has 0 aromatic carbocycles. The number of aromatic nitrogens is 7. The molecule has 0 spiro atoms. The highest BCUT2D eigenvalue weighted by Gasteiger charge is 2.17. The lowest BCUT2D eigenvalue weighted by Gasteiger charge is -2.02. The Hall–Kier alpha value is -4.11. The lowest BCUT2D eigenvalue weighted by molar-refractivity contribution is 1.10. The lowest BCUT2D eigenvalue weighted by atomic mass is 10.1. The van der Waals surface area contributed by atoms with Crippen molar-refractivity contribution in [2.75, 3.05) is 5.73 Å². The number of nitrogen functional groups attached to an aromatic ring is 1. The fourth-order valence-corrected chi connectivity index (χ4v) is 4.16. The van der Waals surface area contributed by atoms with Crippen LogP contribution >= 0.6 is 11.3 Å². The van der Waals surface area contributed by atoms with E-state index in [0.29, 0.717) is 28.4 Å². The Bertz CT molecular complexity index is 1510. The van der Waals surface area contributed by atoms with Gasteiger partial charge in [0.15, 0.2) is 17.2 Å². The van der Waals surface area contributed by atoms with Gasteiger partial charge in [0.1, 0.15) is 5.52 Å². The van der Waals surface area contributed by atoms with Gasteiger partial charge in [-0.05, 0) is 46.7 Å². The lowest BCUT2D eigenvalue weighted by Crippen LogP contribution is -1.90. The van der Waals surface area contributed by atoms with Crippen molar-refractivity contribution < 1.29 is 0 Å². The topological polar surface area (TPSA) is 122 Å². The second kappa shape index (κ2) is 6.46. The highest BCUT2D eigenvalue weighted by atomic mass is 32.1. The van der Waals surface area contributed by atoms with Crippen LogP contribution in [0.3, 0.4) is 0 Å². The maximum absolute atomic E-state index is 5.88. The van der Waals surface area contributed by atoms with Gasteiger partial charge >= 0.3 is 0 Å². The molecule has 6 aromatic rings. The summed E-state index contributed by atoms with van der Waals surface area (Å²) in [7, 11) is 0. The van der Waals surface area contributed by atoms with E-state index >= 15 is 0 Å². The molecule has 0 radical (unpaired) electrons. The smallest absolute Gasteiger partial charge is 0.178 e. The normalized spacial score (nSPS) is 11.5. The predicted octanol–water partition coefficient (Wildman–Crippen LogP) is 4.27. The number of H-pyrrole nitrogens is 2. The second-order valence-electron chi connectivity index (χ2n) is 6.83. The number of aromatic amines is 2. The minimum Gasteiger partial charge on any atom is -0.397 e. The van der Waals surface area contributed by atoms with Gasteiger partial charge in [-0.3, -0.25) is 10.1 Å². The monoisotopic (exact) mass is 410 g/mol. The summed E-state index contributed by atoms with van der Waals surface area (Å²) in [5, 5.41) is 11.6. The molecule has 0 bridgehead atoms. The fraction of sp³-hybridized carbons (Fsp3) is 0. The average Bonchev–Trinajstić information content (AvgIpc) is 3.51. The van der Waals surface area contributed by atoms with Gasteiger partial charge in [0.2, 0.25) is 0 Å². The van der Waals surface area contributed by atoms with Crippen LogP contribution in [0.1, 0.15) is 0 Å². The number of thiophene rings is 1. The first-order valence-electron chi connectivity index (χ1n) is 9.20. The highest BCUT2D eigenvalue weighted by Crippen LogP contribution is 2.31. The summed E-state index contributed by atoms with van der Waals surface area (Å²) in [6.45, 7) is 0. The molecule has 0 saturated carbocycles. The molecule has 0 unspecified atom stereocenters. The van der Waals surface area contributed by atoms with E-state index in [1.54, 1.807) is 29.9 Å². The SMILES string of the molecule is Nc1cncc(-c2ccc3[nH]nc(-c4nc5nccc(-c6ccsc6)c5[nH]4)c3n2)c1. The van der Waals surface area contributed by atoms with Gasteiger partial charge in [-0.2, -0.15) is 16.4 Å². The predicted molar refractivity (Wildman–Crippen MR) is 118 cm³/mol. The van der Waals surface area contributed by atoms with Gasteiger partial charge < -0.3 is 10.7 Å². The molecule has 6 heterocycles. The van der Waals surface area contributed by atoms with E-state index in [2.05, 4.69) is 47.0 Å². The number of hydrogen-bond acceptors (Lipinski definition) is 7. The molecular formula is C21H14N8S. The zero-order valence-electron chi connectivity index (χ0n) is 15.5. The standard InChI is InChI=1S/C21H14N8S/c22-13-7-12(8-23-9-13)15-1-2-16-18(25-15)19(29-28-16)21-26-17-14(11-4-6-30-10-11)3-5-24-20(17)27-21/h1-10H,22H2,(H,28,29)(H,24,26,27). The first-order chi connectivity index (χ1) is 14.8. The van der Waals surface area contributed by atoms with Crippen LogP contribution in [0.25, 0.3) is 56.1 Å². The number of nitrogens with two attached hydrogens (primary N) is 1. The third-order valence-corrected chi connectivity index (χ3v) is 5.59. The fourth-order valence-electron chi connectivity index (χ4n) is 3.50. The summed E-state index contributed by atoms with van der Waals surface area (Å²) in [6.07, 6.45) is 5.12. The van der Waals surface area contributed by atoms with Crippen LogP contribution in [0.15, 0.2) is 59.7 Å². The minimum atomic E-state index is 0.589. The van der Waals surface area contributed by atoms with E-state index in [4.69, 9.17) is 10.7 Å². The Kier molecular flexibility index (Phi) is 3.62. The van der Waals surface area contributed by atoms with E-state index in [1.807, 2.05) is 24.3 Å². The number of nitrogens with one attached hydrogen (secondary N) is 2. The summed E-state index contributed by atoms with van der Waals surface area (Å²) >= 11 is 1.65. The Balaban J connectivity index is 1.52. The van der Waals surface area contributed by atoms with E-state index in [1.165, 1.54) is 0 Å². The molecule has 0 saturated heterocycles. The highest BCUT2D eigenvalue weighted by molar-refractivity contribution is 7.08. The molecule has 30 heavy (non-hydrogen) atoms. The molecule has 0 aliphatic carbocycles. The molecule has 8 nitrogen and oxygen atoms in total. The molecule has 0 aliphatic rings. The molecule has 6 rings (SSSR count). The van der Waals surface area contributed by atoms with Crippen molar-refractivity contribution in [2.45, 2.75) is 0 Å². The molecular weight excluding hydrogens is 396 g/mol. The molecule has 4 N–H and O–H groups in total. The number of anilines is 1. The van der Waals surface area contributed by atoms with Crippen molar-refractivity contribution in [3.05, 3.63) is 59.7 Å². The molecule has 0 atom stereocenters. The van der Waals surface area contributed by atoms with Gasteiger partial charge in [0, 0.05) is 29.7 Å². The molecule has 9 heteroatoms. The Morgan fingerprint density at radius 1 is 1.00 bits per heavy atom. The van der Waals surface area contributed by atoms with Crippen LogP contribution in [-0.2, 0) is 0 Å². The maximum Gasteiger partial charge on any atom is 0.178 e. The van der Waals surface area contributed by atoms with Crippen LogP contribution < -0.4 is 5.73 Å². The number of hydrogen-bond donors (Lipinski definition) is 3. The number of pyridine rings is 3. The maximum atomic E-state index is 5.88. The minimum absolute atomic E-state index is 0.589. The van der Waals surface area contributed by atoms with Gasteiger partial charge in [-0.25, -0.2) is 15.0 Å². The van der Waals surface area contributed by atoms with Crippen molar-refractivity contribution in [3.63, 3.8) is 0 Å². The second-order valence-corrected chi connectivity index (χ2v) is 7.61. The summed E-state index contributed by atoms with van der Waals surface area (Å²) in [5.41, 5.74) is 13.9. The zero-order valence-corrected chi connectivity index (χ0v) is 16.3. The van der Waals surface area contributed by atoms with Crippen LogP contribution in [0.4, 0.5) is 5.69 Å². The largest absolute Gasteiger partial charge is 0.397 e. The number of rotatable bonds is 3. The third kappa shape index (κ3) is 2.64. The Morgan fingerprint density at radius 3 is 2.83 bits per heavy atom. The van der Waals surface area contributed by atoms with Crippen LogP contribution in [0.2, 0.25) is 0 Å². The van der Waals surface area contributed by atoms with Crippen molar-refractivity contribution >= 4 is 39.2 Å². The molecule has 0 aliphatic heterocycles. The van der Waals surface area contributed by atoms with Crippen molar-refractivity contribution in [2.24, 2.45) is 0 Å². The Labute approximate surface area is 173 Å². The van der Waals surface area contributed by atoms with E-state index in [9.17, 15) is 0 Å². The van der Waals surface area contributed by atoms with Crippen LogP contribution in [-0.4, -0.2) is 35.1 Å². The summed E-state index contributed by atoms with van der Waals surface area (Å²) in [4.78, 5) is 21.4. The summed E-state index contributed by atoms with van der Waals surface area (Å²) in [6, 6.07) is 9.76. The van der Waals surface area contributed by atoms with Gasteiger partial charge in [-0.15, -0.1) is 0 Å². The molecule has 0 amide bonds. The Morgan fingerprint density at radius 2 is 1.97 bits per heavy atom. The molecule has 6 aromatic heterocycles. The summed E-state index contributed by atoms with van der Waals surface area (Å²) in [5.74, 6) is 0.613. The molecule has 144 valence electrons. The van der Waals surface area contributed by atoms with Crippen molar-refractivity contribution in [1.82, 2.24) is 35.1 Å². The molecule has 0 fully saturated rings. The average molecular weight is 410 g/mol. The van der Waals surface area contributed by atoms with Crippen LogP contribution in [0, 0.1) is 0 Å². The number of fused-ring (bicyclic) bond motifs is 2. The summed E-state index contributed by atoms with van der Waals surface area (Å²) < 4.78 is 0. The van der Waals surface area contributed by atoms with E-state index < -0.39 is 0 Å². The quantitative estimate of drug-likeness (QED) is 0.400.